The highest BCUT2D eigenvalue weighted by atomic mass is 79.9. The first-order valence-corrected chi connectivity index (χ1v) is 7.64. The van der Waals surface area contributed by atoms with Crippen LogP contribution in [-0.2, 0) is 9.59 Å². The van der Waals surface area contributed by atoms with Gasteiger partial charge < -0.3 is 4.74 Å². The summed E-state index contributed by atoms with van der Waals surface area (Å²) in [5.74, 6) is 0.126. The number of fused-ring (bicyclic) bond motifs is 1. The van der Waals surface area contributed by atoms with Gasteiger partial charge in [-0.2, -0.15) is 0 Å². The van der Waals surface area contributed by atoms with Crippen LogP contribution >= 0.6 is 15.9 Å². The summed E-state index contributed by atoms with van der Waals surface area (Å²) in [5, 5.41) is 0. The Morgan fingerprint density at radius 1 is 1.15 bits per heavy atom. The van der Waals surface area contributed by atoms with Crippen LogP contribution in [0.4, 0.5) is 5.69 Å². The number of benzene rings is 1. The molecule has 1 aromatic carbocycles. The highest BCUT2D eigenvalue weighted by Gasteiger charge is 2.49. The van der Waals surface area contributed by atoms with E-state index in [2.05, 4.69) is 15.9 Å². The van der Waals surface area contributed by atoms with Crippen LogP contribution in [0.3, 0.4) is 0 Å². The fourth-order valence-corrected chi connectivity index (χ4v) is 3.59. The van der Waals surface area contributed by atoms with E-state index in [0.29, 0.717) is 11.4 Å². The number of imide groups is 1. The van der Waals surface area contributed by atoms with E-state index in [-0.39, 0.29) is 23.7 Å². The molecule has 1 aliphatic carbocycles. The normalized spacial score (nSPS) is 25.8. The van der Waals surface area contributed by atoms with Gasteiger partial charge >= 0.3 is 0 Å². The van der Waals surface area contributed by atoms with Gasteiger partial charge in [-0.25, -0.2) is 4.90 Å². The first kappa shape index (κ1) is 13.6. The summed E-state index contributed by atoms with van der Waals surface area (Å²) in [6, 6.07) is 5.37. The van der Waals surface area contributed by atoms with Crippen LogP contribution in [-0.4, -0.2) is 18.9 Å². The Balaban J connectivity index is 2.03. The van der Waals surface area contributed by atoms with Gasteiger partial charge in [0.1, 0.15) is 5.75 Å². The average molecular weight is 338 g/mol. The molecule has 1 aromatic rings. The quantitative estimate of drug-likeness (QED) is 0.779. The summed E-state index contributed by atoms with van der Waals surface area (Å²) in [6.45, 7) is 0. The second kappa shape index (κ2) is 5.20. The summed E-state index contributed by atoms with van der Waals surface area (Å²) in [5.41, 5.74) is 0.547. The van der Waals surface area contributed by atoms with E-state index >= 15 is 0 Å². The number of methoxy groups -OCH3 is 1. The number of nitrogens with zero attached hydrogens (tertiary/aromatic N) is 1. The lowest BCUT2D eigenvalue weighted by atomic mass is 9.81. The maximum atomic E-state index is 12.6. The fourth-order valence-electron chi connectivity index (χ4n) is 3.24. The third-order valence-corrected chi connectivity index (χ3v) is 4.72. The molecule has 2 amide bonds. The number of halogens is 1. The Bertz CT molecular complexity index is 548. The first-order valence-electron chi connectivity index (χ1n) is 6.85. The van der Waals surface area contributed by atoms with Crippen molar-refractivity contribution in [2.24, 2.45) is 11.8 Å². The van der Waals surface area contributed by atoms with Gasteiger partial charge in [0.15, 0.2) is 0 Å². The summed E-state index contributed by atoms with van der Waals surface area (Å²) in [6.07, 6.45) is 3.71. The number of carbonyl (C=O) groups excluding carboxylic acids is 2. The van der Waals surface area contributed by atoms with Crippen LogP contribution in [0.1, 0.15) is 25.7 Å². The van der Waals surface area contributed by atoms with Gasteiger partial charge in [0.05, 0.1) is 24.6 Å². The molecule has 0 radical (unpaired) electrons. The number of rotatable bonds is 2. The maximum absolute atomic E-state index is 12.6. The molecule has 4 nitrogen and oxygen atoms in total. The van der Waals surface area contributed by atoms with Crippen molar-refractivity contribution in [2.45, 2.75) is 25.7 Å². The van der Waals surface area contributed by atoms with Crippen LogP contribution < -0.4 is 9.64 Å². The van der Waals surface area contributed by atoms with Gasteiger partial charge in [0, 0.05) is 4.47 Å². The zero-order valence-electron chi connectivity index (χ0n) is 11.3. The molecule has 1 saturated carbocycles. The molecule has 1 heterocycles. The van der Waals surface area contributed by atoms with Crippen molar-refractivity contribution in [2.75, 3.05) is 12.0 Å². The minimum atomic E-state index is -0.139. The minimum Gasteiger partial charge on any atom is -0.495 e. The minimum absolute atomic E-state index is 0.0731. The van der Waals surface area contributed by atoms with Crippen molar-refractivity contribution in [3.63, 3.8) is 0 Å². The Hall–Kier alpha value is -1.36. The predicted octanol–water partition coefficient (Wildman–Crippen LogP) is 3.14. The highest BCUT2D eigenvalue weighted by molar-refractivity contribution is 9.10. The maximum Gasteiger partial charge on any atom is 0.237 e. The van der Waals surface area contributed by atoms with Crippen LogP contribution in [0, 0.1) is 11.8 Å². The number of amides is 2. The molecule has 2 atom stereocenters. The number of ether oxygens (including phenoxy) is 1. The van der Waals surface area contributed by atoms with Crippen molar-refractivity contribution in [3.05, 3.63) is 22.7 Å². The van der Waals surface area contributed by atoms with Crippen LogP contribution in [0.5, 0.6) is 5.75 Å². The van der Waals surface area contributed by atoms with Crippen LogP contribution in [0.25, 0.3) is 0 Å². The van der Waals surface area contributed by atoms with E-state index in [1.54, 1.807) is 19.2 Å². The highest BCUT2D eigenvalue weighted by Crippen LogP contribution is 2.43. The van der Waals surface area contributed by atoms with Crippen molar-refractivity contribution < 1.29 is 14.3 Å². The Labute approximate surface area is 126 Å². The Morgan fingerprint density at radius 3 is 2.30 bits per heavy atom. The van der Waals surface area contributed by atoms with Gasteiger partial charge in [0.25, 0.3) is 0 Å². The second-order valence-electron chi connectivity index (χ2n) is 5.33. The standard InChI is InChI=1S/C15H16BrNO3/c1-20-13-7-6-9(16)8-12(13)17-14(18)10-4-2-3-5-11(10)15(17)19/h6-8,10-11H,2-5H2,1H3. The number of hydrogen-bond acceptors (Lipinski definition) is 3. The van der Waals surface area contributed by atoms with E-state index in [0.717, 1.165) is 30.2 Å². The first-order chi connectivity index (χ1) is 9.63. The zero-order valence-corrected chi connectivity index (χ0v) is 12.9. The second-order valence-corrected chi connectivity index (χ2v) is 6.24. The molecular weight excluding hydrogens is 322 g/mol. The molecule has 20 heavy (non-hydrogen) atoms. The predicted molar refractivity (Wildman–Crippen MR) is 78.6 cm³/mol. The van der Waals surface area contributed by atoms with Crippen LogP contribution in [0.2, 0.25) is 0 Å². The molecule has 5 heteroatoms. The lowest BCUT2D eigenvalue weighted by Crippen LogP contribution is -2.31. The van der Waals surface area contributed by atoms with E-state index in [1.807, 2.05) is 6.07 Å². The zero-order chi connectivity index (χ0) is 14.3. The molecule has 1 aliphatic heterocycles. The SMILES string of the molecule is COc1ccc(Br)cc1N1C(=O)C2CCCCC2C1=O. The molecule has 0 N–H and O–H groups in total. The fraction of sp³-hybridized carbons (Fsp3) is 0.467. The van der Waals surface area contributed by atoms with E-state index in [1.165, 1.54) is 4.90 Å². The molecule has 0 aromatic heterocycles. The van der Waals surface area contributed by atoms with Crippen molar-refractivity contribution in [3.8, 4) is 5.75 Å². The summed E-state index contributed by atoms with van der Waals surface area (Å²) >= 11 is 3.38. The summed E-state index contributed by atoms with van der Waals surface area (Å²) in [7, 11) is 1.55. The summed E-state index contributed by atoms with van der Waals surface area (Å²) in [4.78, 5) is 26.5. The number of anilines is 1. The lowest BCUT2D eigenvalue weighted by Gasteiger charge is -2.19. The van der Waals surface area contributed by atoms with Crippen molar-refractivity contribution in [1.82, 2.24) is 0 Å². The molecule has 106 valence electrons. The number of hydrogen-bond donors (Lipinski definition) is 0. The monoisotopic (exact) mass is 337 g/mol. The van der Waals surface area contributed by atoms with E-state index in [9.17, 15) is 9.59 Å². The average Bonchev–Trinajstić information content (AvgIpc) is 2.71. The Morgan fingerprint density at radius 2 is 1.75 bits per heavy atom. The van der Waals surface area contributed by atoms with Crippen molar-refractivity contribution in [1.29, 1.82) is 0 Å². The Kier molecular flexibility index (Phi) is 3.54. The van der Waals surface area contributed by atoms with Crippen molar-refractivity contribution >= 4 is 33.4 Å². The van der Waals surface area contributed by atoms with Gasteiger partial charge in [-0.15, -0.1) is 0 Å². The van der Waals surface area contributed by atoms with Gasteiger partial charge in [0.2, 0.25) is 11.8 Å². The lowest BCUT2D eigenvalue weighted by molar-refractivity contribution is -0.122. The van der Waals surface area contributed by atoms with Gasteiger partial charge in [-0.05, 0) is 31.0 Å². The van der Waals surface area contributed by atoms with Crippen LogP contribution in [0.15, 0.2) is 22.7 Å². The molecule has 0 bridgehead atoms. The molecule has 3 rings (SSSR count). The summed E-state index contributed by atoms with van der Waals surface area (Å²) < 4.78 is 6.12. The van der Waals surface area contributed by atoms with E-state index in [4.69, 9.17) is 4.74 Å². The third kappa shape index (κ3) is 2.04. The topological polar surface area (TPSA) is 46.6 Å². The molecule has 2 unspecified atom stereocenters. The van der Waals surface area contributed by atoms with E-state index < -0.39 is 0 Å². The van der Waals surface area contributed by atoms with Gasteiger partial charge in [-0.3, -0.25) is 9.59 Å². The molecule has 0 spiro atoms. The number of carbonyl (C=O) groups is 2. The third-order valence-electron chi connectivity index (χ3n) is 4.22. The van der Waals surface area contributed by atoms with Gasteiger partial charge in [-0.1, -0.05) is 28.8 Å². The molecule has 2 aliphatic rings. The smallest absolute Gasteiger partial charge is 0.237 e. The largest absolute Gasteiger partial charge is 0.495 e. The molecule has 2 fully saturated rings. The molecule has 1 saturated heterocycles. The molecular formula is C15H16BrNO3.